The summed E-state index contributed by atoms with van der Waals surface area (Å²) in [6, 6.07) is 6.36. The molecule has 4 nitrogen and oxygen atoms in total. The second kappa shape index (κ2) is 5.14. The molecule has 0 aromatic carbocycles. The second-order valence-electron chi connectivity index (χ2n) is 4.14. The SMILES string of the molecule is CCc1ccc(CNc2nc(N)nc3sccc23)s1. The van der Waals surface area contributed by atoms with Gasteiger partial charge in [-0.1, -0.05) is 6.92 Å². The van der Waals surface area contributed by atoms with Gasteiger partial charge in [0, 0.05) is 9.75 Å². The average Bonchev–Trinajstić information content (AvgIpc) is 3.03. The number of hydrogen-bond acceptors (Lipinski definition) is 6. The Labute approximate surface area is 119 Å². The van der Waals surface area contributed by atoms with Crippen LogP contribution in [-0.2, 0) is 13.0 Å². The van der Waals surface area contributed by atoms with E-state index < -0.39 is 0 Å². The molecular formula is C13H14N4S2. The summed E-state index contributed by atoms with van der Waals surface area (Å²) in [5.74, 6) is 1.13. The lowest BCUT2D eigenvalue weighted by atomic mass is 10.3. The van der Waals surface area contributed by atoms with Gasteiger partial charge >= 0.3 is 0 Å². The zero-order valence-electron chi connectivity index (χ0n) is 10.5. The van der Waals surface area contributed by atoms with Crippen molar-refractivity contribution >= 4 is 44.7 Å². The van der Waals surface area contributed by atoms with Gasteiger partial charge in [0.25, 0.3) is 0 Å². The van der Waals surface area contributed by atoms with Gasteiger partial charge in [0.15, 0.2) is 0 Å². The summed E-state index contributed by atoms with van der Waals surface area (Å²) in [5.41, 5.74) is 5.73. The summed E-state index contributed by atoms with van der Waals surface area (Å²) < 4.78 is 0. The molecule has 0 bridgehead atoms. The molecule has 3 aromatic heterocycles. The van der Waals surface area contributed by atoms with Crippen molar-refractivity contribution in [2.75, 3.05) is 11.1 Å². The van der Waals surface area contributed by atoms with E-state index in [-0.39, 0.29) is 0 Å². The van der Waals surface area contributed by atoms with Crippen molar-refractivity contribution in [1.29, 1.82) is 0 Å². The molecule has 0 aliphatic carbocycles. The van der Waals surface area contributed by atoms with Gasteiger partial charge in [-0.3, -0.25) is 0 Å². The van der Waals surface area contributed by atoms with Crippen LogP contribution in [0, 0.1) is 0 Å². The predicted octanol–water partition coefficient (Wildman–Crippen LogP) is 3.51. The molecule has 0 fully saturated rings. The number of nitrogens with one attached hydrogen (secondary N) is 1. The highest BCUT2D eigenvalue weighted by atomic mass is 32.1. The summed E-state index contributed by atoms with van der Waals surface area (Å²) in [4.78, 5) is 12.1. The molecule has 3 aromatic rings. The summed E-state index contributed by atoms with van der Waals surface area (Å²) in [6.45, 7) is 2.94. The number of nitrogens with zero attached hydrogens (tertiary/aromatic N) is 2. The number of thiophene rings is 2. The maximum atomic E-state index is 5.73. The van der Waals surface area contributed by atoms with Crippen molar-refractivity contribution < 1.29 is 0 Å². The van der Waals surface area contributed by atoms with Crippen LogP contribution in [0.2, 0.25) is 0 Å². The Hall–Kier alpha value is -1.66. The van der Waals surface area contributed by atoms with Crippen LogP contribution in [0.3, 0.4) is 0 Å². The van der Waals surface area contributed by atoms with Gasteiger partial charge in [-0.25, -0.2) is 4.98 Å². The van der Waals surface area contributed by atoms with Crippen molar-refractivity contribution in [2.45, 2.75) is 19.9 Å². The van der Waals surface area contributed by atoms with Crippen LogP contribution >= 0.6 is 22.7 Å². The summed E-state index contributed by atoms with van der Waals surface area (Å²) in [5, 5.41) is 6.39. The predicted molar refractivity (Wildman–Crippen MR) is 82.9 cm³/mol. The maximum Gasteiger partial charge on any atom is 0.223 e. The van der Waals surface area contributed by atoms with Gasteiger partial charge in [0.1, 0.15) is 10.6 Å². The van der Waals surface area contributed by atoms with Gasteiger partial charge in [0.05, 0.1) is 11.9 Å². The van der Waals surface area contributed by atoms with Gasteiger partial charge < -0.3 is 11.1 Å². The highest BCUT2D eigenvalue weighted by Crippen LogP contribution is 2.26. The molecule has 3 N–H and O–H groups in total. The van der Waals surface area contributed by atoms with E-state index in [4.69, 9.17) is 5.73 Å². The number of nitrogen functional groups attached to an aromatic ring is 1. The molecule has 3 rings (SSSR count). The van der Waals surface area contributed by atoms with Crippen LogP contribution in [0.15, 0.2) is 23.6 Å². The van der Waals surface area contributed by atoms with E-state index in [0.29, 0.717) is 5.95 Å². The minimum absolute atomic E-state index is 0.317. The minimum atomic E-state index is 0.317. The molecule has 0 radical (unpaired) electrons. The number of aromatic nitrogens is 2. The first-order valence-electron chi connectivity index (χ1n) is 6.08. The molecule has 6 heteroatoms. The molecular weight excluding hydrogens is 276 g/mol. The van der Waals surface area contributed by atoms with Crippen molar-refractivity contribution in [2.24, 2.45) is 0 Å². The van der Waals surface area contributed by atoms with E-state index in [9.17, 15) is 0 Å². The number of fused-ring (bicyclic) bond motifs is 1. The lowest BCUT2D eigenvalue weighted by Gasteiger charge is -2.06. The first-order valence-corrected chi connectivity index (χ1v) is 7.78. The molecule has 19 heavy (non-hydrogen) atoms. The number of hydrogen-bond donors (Lipinski definition) is 2. The fourth-order valence-corrected chi connectivity index (χ4v) is 3.55. The highest BCUT2D eigenvalue weighted by molar-refractivity contribution is 7.16. The number of anilines is 2. The Kier molecular flexibility index (Phi) is 3.35. The molecule has 0 aliphatic heterocycles. The highest BCUT2D eigenvalue weighted by Gasteiger charge is 2.07. The van der Waals surface area contributed by atoms with Crippen LogP contribution in [0.1, 0.15) is 16.7 Å². The normalized spacial score (nSPS) is 11.0. The Balaban J connectivity index is 1.83. The molecule has 0 aliphatic rings. The zero-order chi connectivity index (χ0) is 13.2. The molecule has 0 saturated carbocycles. The largest absolute Gasteiger partial charge is 0.368 e. The first kappa shape index (κ1) is 12.4. The van der Waals surface area contributed by atoms with E-state index >= 15 is 0 Å². The summed E-state index contributed by atoms with van der Waals surface area (Å²) in [7, 11) is 0. The monoisotopic (exact) mass is 290 g/mol. The third kappa shape index (κ3) is 2.54. The third-order valence-corrected chi connectivity index (χ3v) is 4.87. The van der Waals surface area contributed by atoms with E-state index in [1.54, 1.807) is 11.3 Å². The summed E-state index contributed by atoms with van der Waals surface area (Å²) in [6.07, 6.45) is 1.08. The fraction of sp³-hybridized carbons (Fsp3) is 0.231. The Morgan fingerprint density at radius 2 is 2.05 bits per heavy atom. The van der Waals surface area contributed by atoms with E-state index in [1.807, 2.05) is 22.8 Å². The number of nitrogens with two attached hydrogens (primary N) is 1. The van der Waals surface area contributed by atoms with Crippen LogP contribution in [0.4, 0.5) is 11.8 Å². The number of aryl methyl sites for hydroxylation is 1. The average molecular weight is 290 g/mol. The van der Waals surface area contributed by atoms with Gasteiger partial charge in [-0.2, -0.15) is 4.98 Å². The lowest BCUT2D eigenvalue weighted by molar-refractivity contribution is 1.14. The van der Waals surface area contributed by atoms with Crippen LogP contribution in [0.5, 0.6) is 0 Å². The van der Waals surface area contributed by atoms with Crippen molar-refractivity contribution in [1.82, 2.24) is 9.97 Å². The van der Waals surface area contributed by atoms with Gasteiger partial charge in [-0.05, 0) is 30.0 Å². The standard InChI is InChI=1S/C13H14N4S2/c1-2-8-3-4-9(19-8)7-15-11-10-5-6-18-12(10)17-13(14)16-11/h3-6H,2,7H2,1H3,(H3,14,15,16,17). The van der Waals surface area contributed by atoms with Crippen molar-refractivity contribution in [3.63, 3.8) is 0 Å². The van der Waals surface area contributed by atoms with Crippen LogP contribution in [-0.4, -0.2) is 9.97 Å². The van der Waals surface area contributed by atoms with Crippen molar-refractivity contribution in [3.05, 3.63) is 33.3 Å². The molecule has 0 amide bonds. The Morgan fingerprint density at radius 1 is 1.21 bits per heavy atom. The fourth-order valence-electron chi connectivity index (χ4n) is 1.88. The maximum absolute atomic E-state index is 5.73. The zero-order valence-corrected chi connectivity index (χ0v) is 12.1. The molecule has 0 saturated heterocycles. The Bertz CT molecular complexity index is 702. The van der Waals surface area contributed by atoms with E-state index in [0.717, 1.165) is 29.0 Å². The van der Waals surface area contributed by atoms with E-state index in [1.165, 1.54) is 9.75 Å². The van der Waals surface area contributed by atoms with E-state index in [2.05, 4.69) is 34.3 Å². The first-order chi connectivity index (χ1) is 9.26. The van der Waals surface area contributed by atoms with Crippen molar-refractivity contribution in [3.8, 4) is 0 Å². The molecule has 98 valence electrons. The lowest BCUT2D eigenvalue weighted by Crippen LogP contribution is -2.03. The molecule has 0 unspecified atom stereocenters. The smallest absolute Gasteiger partial charge is 0.223 e. The minimum Gasteiger partial charge on any atom is -0.368 e. The molecule has 0 atom stereocenters. The third-order valence-electron chi connectivity index (χ3n) is 2.84. The molecule has 0 spiro atoms. The quantitative estimate of drug-likeness (QED) is 0.772. The Morgan fingerprint density at radius 3 is 2.84 bits per heavy atom. The van der Waals surface area contributed by atoms with Gasteiger partial charge in [-0.15, -0.1) is 22.7 Å². The topological polar surface area (TPSA) is 63.8 Å². The van der Waals surface area contributed by atoms with Gasteiger partial charge in [0.2, 0.25) is 5.95 Å². The summed E-state index contributed by atoms with van der Waals surface area (Å²) >= 11 is 3.41. The van der Waals surface area contributed by atoms with Crippen LogP contribution < -0.4 is 11.1 Å². The molecule has 3 heterocycles. The second-order valence-corrected chi connectivity index (χ2v) is 6.29. The van der Waals surface area contributed by atoms with Crippen LogP contribution in [0.25, 0.3) is 10.2 Å². The number of rotatable bonds is 4.